The maximum atomic E-state index is 12.1. The zero-order chi connectivity index (χ0) is 14.7. The van der Waals surface area contributed by atoms with Gasteiger partial charge in [0.15, 0.2) is 6.10 Å². The SMILES string of the molecule is O=C(Nc1ccc2c(c1)NCCC2)C(O)c1ccccc1. The van der Waals surface area contributed by atoms with Crippen molar-refractivity contribution < 1.29 is 9.90 Å². The molecular formula is C17H18N2O2. The van der Waals surface area contributed by atoms with Crippen LogP contribution in [0.3, 0.4) is 0 Å². The summed E-state index contributed by atoms with van der Waals surface area (Å²) in [6.45, 7) is 0.955. The summed E-state index contributed by atoms with van der Waals surface area (Å²) in [6, 6.07) is 14.7. The van der Waals surface area contributed by atoms with E-state index in [2.05, 4.69) is 10.6 Å². The number of hydrogen-bond acceptors (Lipinski definition) is 3. The first kappa shape index (κ1) is 13.6. The lowest BCUT2D eigenvalue weighted by Crippen LogP contribution is -2.21. The highest BCUT2D eigenvalue weighted by Gasteiger charge is 2.17. The number of carbonyl (C=O) groups is 1. The molecule has 1 aliphatic rings. The van der Waals surface area contributed by atoms with Gasteiger partial charge in [0.2, 0.25) is 0 Å². The van der Waals surface area contributed by atoms with Gasteiger partial charge < -0.3 is 15.7 Å². The molecule has 0 saturated heterocycles. The van der Waals surface area contributed by atoms with Crippen molar-refractivity contribution in [1.82, 2.24) is 0 Å². The number of aliphatic hydroxyl groups is 1. The molecular weight excluding hydrogens is 264 g/mol. The van der Waals surface area contributed by atoms with Gasteiger partial charge in [0.1, 0.15) is 0 Å². The van der Waals surface area contributed by atoms with E-state index in [1.54, 1.807) is 24.3 Å². The largest absolute Gasteiger partial charge is 0.385 e. The Balaban J connectivity index is 1.73. The second kappa shape index (κ2) is 5.97. The standard InChI is InChI=1S/C17H18N2O2/c20-16(13-5-2-1-3-6-13)17(21)19-14-9-8-12-7-4-10-18-15(12)11-14/h1-3,5-6,8-9,11,16,18,20H,4,7,10H2,(H,19,21). The number of rotatable bonds is 3. The van der Waals surface area contributed by atoms with Gasteiger partial charge in [-0.05, 0) is 36.1 Å². The molecule has 1 unspecified atom stereocenters. The Labute approximate surface area is 123 Å². The minimum atomic E-state index is -1.16. The summed E-state index contributed by atoms with van der Waals surface area (Å²) in [5.41, 5.74) is 3.62. The number of amides is 1. The number of hydrogen-bond donors (Lipinski definition) is 3. The molecule has 4 heteroatoms. The van der Waals surface area contributed by atoms with Gasteiger partial charge in [0.25, 0.3) is 5.91 Å². The van der Waals surface area contributed by atoms with Crippen LogP contribution >= 0.6 is 0 Å². The molecule has 21 heavy (non-hydrogen) atoms. The summed E-state index contributed by atoms with van der Waals surface area (Å²) in [5.74, 6) is -0.419. The minimum absolute atomic E-state index is 0.419. The molecule has 2 aromatic carbocycles. The quantitative estimate of drug-likeness (QED) is 0.811. The second-order valence-electron chi connectivity index (χ2n) is 5.20. The summed E-state index contributed by atoms with van der Waals surface area (Å²) >= 11 is 0. The monoisotopic (exact) mass is 282 g/mol. The summed E-state index contributed by atoms with van der Waals surface area (Å²) in [5, 5.41) is 16.1. The molecule has 3 N–H and O–H groups in total. The van der Waals surface area contributed by atoms with Crippen molar-refractivity contribution in [3.05, 3.63) is 59.7 Å². The van der Waals surface area contributed by atoms with Crippen LogP contribution in [0.2, 0.25) is 0 Å². The molecule has 0 aromatic heterocycles. The maximum absolute atomic E-state index is 12.1. The van der Waals surface area contributed by atoms with Crippen LogP contribution in [0.4, 0.5) is 11.4 Å². The van der Waals surface area contributed by atoms with Crippen LogP contribution in [0.5, 0.6) is 0 Å². The van der Waals surface area contributed by atoms with Gasteiger partial charge in [-0.3, -0.25) is 4.79 Å². The third-order valence-corrected chi connectivity index (χ3v) is 3.68. The fourth-order valence-corrected chi connectivity index (χ4v) is 2.54. The highest BCUT2D eigenvalue weighted by Crippen LogP contribution is 2.26. The average molecular weight is 282 g/mol. The van der Waals surface area contributed by atoms with Crippen LogP contribution in [0, 0.1) is 0 Å². The lowest BCUT2D eigenvalue weighted by Gasteiger charge is -2.19. The summed E-state index contributed by atoms with van der Waals surface area (Å²) < 4.78 is 0. The molecule has 0 radical (unpaired) electrons. The molecule has 1 aliphatic heterocycles. The van der Waals surface area contributed by atoms with Crippen LogP contribution in [-0.2, 0) is 11.2 Å². The molecule has 1 heterocycles. The predicted octanol–water partition coefficient (Wildman–Crippen LogP) is 2.72. The Kier molecular flexibility index (Phi) is 3.88. The highest BCUT2D eigenvalue weighted by atomic mass is 16.3. The summed E-state index contributed by atoms with van der Waals surface area (Å²) in [6.07, 6.45) is 1.03. The number of benzene rings is 2. The van der Waals surface area contributed by atoms with Crippen molar-refractivity contribution in [1.29, 1.82) is 0 Å². The number of anilines is 2. The van der Waals surface area contributed by atoms with Gasteiger partial charge in [-0.1, -0.05) is 36.4 Å². The van der Waals surface area contributed by atoms with Gasteiger partial charge in [-0.2, -0.15) is 0 Å². The van der Waals surface area contributed by atoms with Crippen LogP contribution in [0.25, 0.3) is 0 Å². The molecule has 0 aliphatic carbocycles. The molecule has 2 aromatic rings. The minimum Gasteiger partial charge on any atom is -0.385 e. The normalized spacial score (nSPS) is 14.7. The average Bonchev–Trinajstić information content (AvgIpc) is 2.55. The summed E-state index contributed by atoms with van der Waals surface area (Å²) in [4.78, 5) is 12.1. The van der Waals surface area contributed by atoms with E-state index < -0.39 is 12.0 Å². The van der Waals surface area contributed by atoms with Crippen LogP contribution in [-0.4, -0.2) is 17.6 Å². The zero-order valence-corrected chi connectivity index (χ0v) is 11.7. The summed E-state index contributed by atoms with van der Waals surface area (Å²) in [7, 11) is 0. The molecule has 3 rings (SSSR count). The van der Waals surface area contributed by atoms with E-state index in [0.717, 1.165) is 25.1 Å². The molecule has 0 bridgehead atoms. The number of fused-ring (bicyclic) bond motifs is 1. The topological polar surface area (TPSA) is 61.4 Å². The molecule has 1 atom stereocenters. The van der Waals surface area contributed by atoms with Crippen molar-refractivity contribution in [2.24, 2.45) is 0 Å². The van der Waals surface area contributed by atoms with Crippen molar-refractivity contribution in [3.8, 4) is 0 Å². The molecule has 0 fully saturated rings. The third kappa shape index (κ3) is 3.06. The van der Waals surface area contributed by atoms with E-state index in [1.165, 1.54) is 5.56 Å². The van der Waals surface area contributed by atoms with Crippen molar-refractivity contribution in [2.45, 2.75) is 18.9 Å². The van der Waals surface area contributed by atoms with E-state index in [-0.39, 0.29) is 0 Å². The number of nitrogens with one attached hydrogen (secondary N) is 2. The first-order valence-corrected chi connectivity index (χ1v) is 7.15. The van der Waals surface area contributed by atoms with E-state index in [1.807, 2.05) is 24.3 Å². The van der Waals surface area contributed by atoms with Crippen molar-refractivity contribution in [2.75, 3.05) is 17.2 Å². The van der Waals surface area contributed by atoms with Crippen molar-refractivity contribution in [3.63, 3.8) is 0 Å². The number of carbonyl (C=O) groups excluding carboxylic acids is 1. The Morgan fingerprint density at radius 1 is 1.19 bits per heavy atom. The van der Waals surface area contributed by atoms with Crippen LogP contribution in [0.15, 0.2) is 48.5 Å². The van der Waals surface area contributed by atoms with Gasteiger partial charge in [-0.25, -0.2) is 0 Å². The Bertz CT molecular complexity index is 640. The van der Waals surface area contributed by atoms with E-state index >= 15 is 0 Å². The molecule has 0 spiro atoms. The van der Waals surface area contributed by atoms with Crippen LogP contribution in [0.1, 0.15) is 23.7 Å². The molecule has 4 nitrogen and oxygen atoms in total. The Morgan fingerprint density at radius 3 is 2.81 bits per heavy atom. The van der Waals surface area contributed by atoms with Gasteiger partial charge in [0.05, 0.1) is 0 Å². The lowest BCUT2D eigenvalue weighted by atomic mass is 10.0. The number of aryl methyl sites for hydroxylation is 1. The number of aliphatic hydroxyl groups excluding tert-OH is 1. The second-order valence-corrected chi connectivity index (χ2v) is 5.20. The molecule has 108 valence electrons. The smallest absolute Gasteiger partial charge is 0.257 e. The Hall–Kier alpha value is -2.33. The van der Waals surface area contributed by atoms with Crippen molar-refractivity contribution >= 4 is 17.3 Å². The molecule has 0 saturated carbocycles. The van der Waals surface area contributed by atoms with E-state index in [9.17, 15) is 9.90 Å². The fraction of sp³-hybridized carbons (Fsp3) is 0.235. The predicted molar refractivity (Wildman–Crippen MR) is 83.3 cm³/mol. The van der Waals surface area contributed by atoms with Gasteiger partial charge in [0, 0.05) is 17.9 Å². The zero-order valence-electron chi connectivity index (χ0n) is 11.7. The van der Waals surface area contributed by atoms with E-state index in [4.69, 9.17) is 0 Å². The van der Waals surface area contributed by atoms with Gasteiger partial charge in [-0.15, -0.1) is 0 Å². The fourth-order valence-electron chi connectivity index (χ4n) is 2.54. The highest BCUT2D eigenvalue weighted by molar-refractivity contribution is 5.95. The first-order chi connectivity index (χ1) is 10.2. The lowest BCUT2D eigenvalue weighted by molar-refractivity contribution is -0.124. The van der Waals surface area contributed by atoms with E-state index in [0.29, 0.717) is 11.3 Å². The van der Waals surface area contributed by atoms with Crippen LogP contribution < -0.4 is 10.6 Å². The maximum Gasteiger partial charge on any atom is 0.257 e. The third-order valence-electron chi connectivity index (χ3n) is 3.68. The molecule has 1 amide bonds. The first-order valence-electron chi connectivity index (χ1n) is 7.15. The Morgan fingerprint density at radius 2 is 2.00 bits per heavy atom. The van der Waals surface area contributed by atoms with Gasteiger partial charge >= 0.3 is 0 Å².